The molecule has 1 aromatic carbocycles. The Morgan fingerprint density at radius 3 is 2.38 bits per heavy atom. The van der Waals surface area contributed by atoms with E-state index in [1.807, 2.05) is 0 Å². The van der Waals surface area contributed by atoms with Crippen LogP contribution in [0.2, 0.25) is 0 Å². The Balaban J connectivity index is 1.58. The van der Waals surface area contributed by atoms with Crippen LogP contribution in [-0.2, 0) is 13.2 Å². The van der Waals surface area contributed by atoms with Crippen molar-refractivity contribution in [3.8, 4) is 5.75 Å². The number of carbonyl (C=O) groups excluding carboxylic acids is 1. The van der Waals surface area contributed by atoms with Gasteiger partial charge in [-0.1, -0.05) is 0 Å². The summed E-state index contributed by atoms with van der Waals surface area (Å²) >= 11 is 3.24. The molecule has 6 nitrogen and oxygen atoms in total. The van der Waals surface area contributed by atoms with Crippen LogP contribution in [0.3, 0.4) is 0 Å². The number of amides is 1. The predicted molar refractivity (Wildman–Crippen MR) is 91.5 cm³/mol. The molecule has 0 aliphatic rings. The monoisotopic (exact) mass is 479 g/mol. The van der Waals surface area contributed by atoms with E-state index in [1.54, 1.807) is 17.1 Å². The van der Waals surface area contributed by atoms with Crippen LogP contribution in [0.4, 0.5) is 22.0 Å². The summed E-state index contributed by atoms with van der Waals surface area (Å²) < 4.78 is 78.7. The van der Waals surface area contributed by atoms with Gasteiger partial charge in [0.15, 0.2) is 11.5 Å². The van der Waals surface area contributed by atoms with Crippen molar-refractivity contribution < 1.29 is 35.9 Å². The molecule has 2 aromatic heterocycles. The van der Waals surface area contributed by atoms with Gasteiger partial charge in [0.25, 0.3) is 5.91 Å². The molecule has 0 bridgehead atoms. The first-order valence-corrected chi connectivity index (χ1v) is 8.76. The van der Waals surface area contributed by atoms with Gasteiger partial charge in [0.05, 0.1) is 17.2 Å². The third-order valence-corrected chi connectivity index (χ3v) is 4.05. The first-order valence-electron chi connectivity index (χ1n) is 7.97. The average molecular weight is 480 g/mol. The Morgan fingerprint density at radius 1 is 1.10 bits per heavy atom. The van der Waals surface area contributed by atoms with Crippen LogP contribution in [0, 0.1) is 29.1 Å². The number of aromatic nitrogens is 2. The summed E-state index contributed by atoms with van der Waals surface area (Å²) in [6, 6.07) is 2.54. The Hall–Kier alpha value is -2.89. The molecule has 154 valence electrons. The summed E-state index contributed by atoms with van der Waals surface area (Å²) in [5.41, 5.74) is 0. The van der Waals surface area contributed by atoms with Crippen LogP contribution in [0.5, 0.6) is 5.75 Å². The molecule has 0 saturated heterocycles. The SMILES string of the molecule is O=C(NCCn1cc(Br)cn1)c1ccc(COc2c(F)c(F)c(F)c(F)c2F)o1. The third-order valence-electron chi connectivity index (χ3n) is 3.64. The fraction of sp³-hybridized carbons (Fsp3) is 0.176. The van der Waals surface area contributed by atoms with Crippen molar-refractivity contribution in [2.45, 2.75) is 13.2 Å². The minimum absolute atomic E-state index is 0.0601. The average Bonchev–Trinajstić information content (AvgIpc) is 3.34. The number of furan rings is 1. The van der Waals surface area contributed by atoms with Gasteiger partial charge in [0, 0.05) is 12.7 Å². The second-order valence-corrected chi connectivity index (χ2v) is 6.55. The summed E-state index contributed by atoms with van der Waals surface area (Å²) in [7, 11) is 0. The summed E-state index contributed by atoms with van der Waals surface area (Å²) in [4.78, 5) is 12.0. The molecule has 1 N–H and O–H groups in total. The van der Waals surface area contributed by atoms with Crippen molar-refractivity contribution in [2.75, 3.05) is 6.54 Å². The molecule has 0 atom stereocenters. The number of nitrogens with one attached hydrogen (secondary N) is 1. The van der Waals surface area contributed by atoms with Crippen LogP contribution in [0.25, 0.3) is 0 Å². The highest BCUT2D eigenvalue weighted by Crippen LogP contribution is 2.29. The van der Waals surface area contributed by atoms with Crippen LogP contribution in [-0.4, -0.2) is 22.2 Å². The van der Waals surface area contributed by atoms with Gasteiger partial charge >= 0.3 is 0 Å². The maximum absolute atomic E-state index is 13.6. The van der Waals surface area contributed by atoms with Crippen molar-refractivity contribution in [1.29, 1.82) is 0 Å². The normalized spacial score (nSPS) is 11.0. The number of carbonyl (C=O) groups is 1. The van der Waals surface area contributed by atoms with E-state index in [4.69, 9.17) is 4.42 Å². The summed E-state index contributed by atoms with van der Waals surface area (Å²) in [5, 5.41) is 6.59. The molecule has 0 aliphatic carbocycles. The Kier molecular flexibility index (Phi) is 6.20. The lowest BCUT2D eigenvalue weighted by Gasteiger charge is -2.09. The van der Waals surface area contributed by atoms with Gasteiger partial charge in [0.1, 0.15) is 12.4 Å². The molecule has 0 spiro atoms. The zero-order valence-corrected chi connectivity index (χ0v) is 15.9. The van der Waals surface area contributed by atoms with Crippen LogP contribution < -0.4 is 10.1 Å². The van der Waals surface area contributed by atoms with Gasteiger partial charge < -0.3 is 14.5 Å². The van der Waals surface area contributed by atoms with E-state index in [1.165, 1.54) is 12.1 Å². The standard InChI is InChI=1S/C17H11BrF5N3O3/c18-8-5-25-26(6-8)4-3-24-17(27)10-2-1-9(29-10)7-28-16-14(22)12(20)11(19)13(21)15(16)23/h1-2,5-6H,3-4,7H2,(H,24,27). The lowest BCUT2D eigenvalue weighted by Crippen LogP contribution is -2.27. The van der Waals surface area contributed by atoms with E-state index in [0.717, 1.165) is 4.47 Å². The summed E-state index contributed by atoms with van der Waals surface area (Å²) in [5.74, 6) is -12.9. The minimum atomic E-state index is -2.29. The second kappa shape index (κ2) is 8.64. The van der Waals surface area contributed by atoms with Crippen molar-refractivity contribution in [2.24, 2.45) is 0 Å². The number of nitrogens with zero attached hydrogens (tertiary/aromatic N) is 2. The number of benzene rings is 1. The zero-order chi connectivity index (χ0) is 21.1. The second-order valence-electron chi connectivity index (χ2n) is 5.63. The highest BCUT2D eigenvalue weighted by Gasteiger charge is 2.27. The van der Waals surface area contributed by atoms with Gasteiger partial charge in [0.2, 0.25) is 29.1 Å². The largest absolute Gasteiger partial charge is 0.479 e. The molecule has 3 aromatic rings. The van der Waals surface area contributed by atoms with E-state index in [-0.39, 0.29) is 18.1 Å². The molecule has 0 saturated carbocycles. The fourth-order valence-electron chi connectivity index (χ4n) is 2.26. The topological polar surface area (TPSA) is 69.3 Å². The van der Waals surface area contributed by atoms with Gasteiger partial charge in [-0.15, -0.1) is 0 Å². The van der Waals surface area contributed by atoms with Crippen molar-refractivity contribution >= 4 is 21.8 Å². The molecular formula is C17H11BrF5N3O3. The molecule has 0 aliphatic heterocycles. The van der Waals surface area contributed by atoms with E-state index < -0.39 is 47.3 Å². The maximum atomic E-state index is 13.6. The van der Waals surface area contributed by atoms with Gasteiger partial charge in [-0.25, -0.2) is 13.2 Å². The molecule has 1 amide bonds. The Labute approximate surface area is 168 Å². The van der Waals surface area contributed by atoms with E-state index in [0.29, 0.717) is 6.54 Å². The zero-order valence-electron chi connectivity index (χ0n) is 14.3. The number of halogens is 6. The molecule has 29 heavy (non-hydrogen) atoms. The summed E-state index contributed by atoms with van der Waals surface area (Å²) in [6.07, 6.45) is 3.30. The summed E-state index contributed by atoms with van der Waals surface area (Å²) in [6.45, 7) is -0.0226. The van der Waals surface area contributed by atoms with Crippen molar-refractivity contribution in [3.63, 3.8) is 0 Å². The smallest absolute Gasteiger partial charge is 0.287 e. The first kappa shape index (κ1) is 20.8. The molecule has 0 radical (unpaired) electrons. The van der Waals surface area contributed by atoms with E-state index >= 15 is 0 Å². The van der Waals surface area contributed by atoms with Gasteiger partial charge in [-0.05, 0) is 28.1 Å². The van der Waals surface area contributed by atoms with Gasteiger partial charge in [-0.3, -0.25) is 9.48 Å². The first-order chi connectivity index (χ1) is 13.8. The molecule has 3 rings (SSSR count). The van der Waals surface area contributed by atoms with Crippen molar-refractivity contribution in [1.82, 2.24) is 15.1 Å². The van der Waals surface area contributed by atoms with Gasteiger partial charge in [-0.2, -0.15) is 13.9 Å². The Morgan fingerprint density at radius 2 is 1.76 bits per heavy atom. The lowest BCUT2D eigenvalue weighted by atomic mass is 10.2. The third kappa shape index (κ3) is 4.58. The molecule has 2 heterocycles. The molecular weight excluding hydrogens is 469 g/mol. The Bertz CT molecular complexity index is 1020. The highest BCUT2D eigenvalue weighted by molar-refractivity contribution is 9.10. The van der Waals surface area contributed by atoms with E-state index in [2.05, 4.69) is 31.1 Å². The van der Waals surface area contributed by atoms with E-state index in [9.17, 15) is 26.7 Å². The quantitative estimate of drug-likeness (QED) is 0.316. The van der Waals surface area contributed by atoms with Crippen LogP contribution in [0.15, 0.2) is 33.4 Å². The lowest BCUT2D eigenvalue weighted by molar-refractivity contribution is 0.0919. The number of hydrogen-bond donors (Lipinski definition) is 1. The molecule has 12 heteroatoms. The number of hydrogen-bond acceptors (Lipinski definition) is 4. The maximum Gasteiger partial charge on any atom is 0.287 e. The minimum Gasteiger partial charge on any atom is -0.479 e. The highest BCUT2D eigenvalue weighted by atomic mass is 79.9. The van der Waals surface area contributed by atoms with Crippen LogP contribution in [0.1, 0.15) is 16.3 Å². The predicted octanol–water partition coefficient (Wildman–Crippen LogP) is 3.94. The number of rotatable bonds is 7. The molecule has 0 unspecified atom stereocenters. The van der Waals surface area contributed by atoms with Crippen LogP contribution >= 0.6 is 15.9 Å². The fourth-order valence-corrected chi connectivity index (χ4v) is 2.59. The van der Waals surface area contributed by atoms with Crippen molar-refractivity contribution in [3.05, 3.63) is 69.6 Å². The number of ether oxygens (including phenoxy) is 1. The molecule has 0 fully saturated rings.